The zero-order valence-corrected chi connectivity index (χ0v) is 16.5. The van der Waals surface area contributed by atoms with Crippen molar-refractivity contribution in [2.75, 3.05) is 26.4 Å². The molecule has 0 N–H and O–H groups in total. The van der Waals surface area contributed by atoms with Gasteiger partial charge in [0, 0.05) is 18.6 Å². The standard InChI is InChI=1S/C21H42O2/c1-7-10-12-19(4)15-22-17-21(6,14-9-3)18-23-16-20(5)13-11-8-2/h9,19-20H,3,7-8,10-18H2,1-2,4-6H3. The molecule has 2 heteroatoms. The van der Waals surface area contributed by atoms with E-state index < -0.39 is 0 Å². The number of unbranched alkanes of at least 4 members (excludes halogenated alkanes) is 2. The molecule has 2 atom stereocenters. The highest BCUT2D eigenvalue weighted by atomic mass is 16.5. The average molecular weight is 327 g/mol. The van der Waals surface area contributed by atoms with Crippen LogP contribution < -0.4 is 0 Å². The van der Waals surface area contributed by atoms with Gasteiger partial charge < -0.3 is 9.47 Å². The van der Waals surface area contributed by atoms with E-state index in [9.17, 15) is 0 Å². The SMILES string of the molecule is C=CCC(C)(COCC(C)CCCC)COCC(C)CCCC. The Balaban J connectivity index is 4.05. The van der Waals surface area contributed by atoms with Gasteiger partial charge in [-0.1, -0.05) is 66.4 Å². The summed E-state index contributed by atoms with van der Waals surface area (Å²) in [5.41, 5.74) is 0.0523. The number of rotatable bonds is 16. The molecule has 0 aliphatic carbocycles. The van der Waals surface area contributed by atoms with Crippen molar-refractivity contribution in [3.63, 3.8) is 0 Å². The molecule has 0 saturated carbocycles. The van der Waals surface area contributed by atoms with Crippen molar-refractivity contribution < 1.29 is 9.47 Å². The number of ether oxygens (including phenoxy) is 2. The molecule has 0 aromatic carbocycles. The Morgan fingerprint density at radius 3 is 1.70 bits per heavy atom. The average Bonchev–Trinajstić information content (AvgIpc) is 2.51. The van der Waals surface area contributed by atoms with E-state index in [4.69, 9.17) is 9.47 Å². The molecule has 0 bridgehead atoms. The summed E-state index contributed by atoms with van der Waals surface area (Å²) in [7, 11) is 0. The van der Waals surface area contributed by atoms with Crippen molar-refractivity contribution in [3.05, 3.63) is 12.7 Å². The van der Waals surface area contributed by atoms with E-state index >= 15 is 0 Å². The highest BCUT2D eigenvalue weighted by Gasteiger charge is 2.24. The summed E-state index contributed by atoms with van der Waals surface area (Å²) in [6.07, 6.45) is 10.6. The van der Waals surface area contributed by atoms with Crippen LogP contribution in [-0.2, 0) is 9.47 Å². The van der Waals surface area contributed by atoms with Crippen molar-refractivity contribution >= 4 is 0 Å². The minimum absolute atomic E-state index is 0.0523. The lowest BCUT2D eigenvalue weighted by Gasteiger charge is -2.29. The Bertz CT molecular complexity index is 255. The third kappa shape index (κ3) is 12.7. The monoisotopic (exact) mass is 326 g/mol. The first-order chi connectivity index (χ1) is 11.0. The van der Waals surface area contributed by atoms with E-state index in [2.05, 4.69) is 41.2 Å². The molecule has 0 aliphatic rings. The molecule has 0 rings (SSSR count). The van der Waals surface area contributed by atoms with Crippen molar-refractivity contribution in [3.8, 4) is 0 Å². The molecule has 138 valence electrons. The van der Waals surface area contributed by atoms with Crippen LogP contribution in [0.5, 0.6) is 0 Å². The Hall–Kier alpha value is -0.340. The second-order valence-corrected chi connectivity index (χ2v) is 7.83. The van der Waals surface area contributed by atoms with Gasteiger partial charge in [-0.2, -0.15) is 0 Å². The van der Waals surface area contributed by atoms with Crippen molar-refractivity contribution in [1.82, 2.24) is 0 Å². The number of hydrogen-bond donors (Lipinski definition) is 0. The van der Waals surface area contributed by atoms with Gasteiger partial charge in [-0.3, -0.25) is 0 Å². The first kappa shape index (κ1) is 22.7. The van der Waals surface area contributed by atoms with Gasteiger partial charge in [0.15, 0.2) is 0 Å². The van der Waals surface area contributed by atoms with Gasteiger partial charge in [0.1, 0.15) is 0 Å². The zero-order valence-electron chi connectivity index (χ0n) is 16.5. The predicted molar refractivity (Wildman–Crippen MR) is 102 cm³/mol. The van der Waals surface area contributed by atoms with Crippen LogP contribution in [-0.4, -0.2) is 26.4 Å². The van der Waals surface area contributed by atoms with Crippen LogP contribution in [0.4, 0.5) is 0 Å². The van der Waals surface area contributed by atoms with Crippen molar-refractivity contribution in [1.29, 1.82) is 0 Å². The first-order valence-corrected chi connectivity index (χ1v) is 9.73. The normalized spacial score (nSPS) is 16.7. The van der Waals surface area contributed by atoms with E-state index in [0.29, 0.717) is 11.8 Å². The molecule has 23 heavy (non-hydrogen) atoms. The quantitative estimate of drug-likeness (QED) is 0.312. The Morgan fingerprint density at radius 2 is 1.35 bits per heavy atom. The largest absolute Gasteiger partial charge is 0.381 e. The molecule has 0 radical (unpaired) electrons. The fraction of sp³-hybridized carbons (Fsp3) is 0.905. The maximum absolute atomic E-state index is 6.00. The van der Waals surface area contributed by atoms with Crippen molar-refractivity contribution in [2.24, 2.45) is 17.3 Å². The molecule has 2 unspecified atom stereocenters. The third-order valence-corrected chi connectivity index (χ3v) is 4.44. The highest BCUT2D eigenvalue weighted by molar-refractivity contribution is 4.83. The first-order valence-electron chi connectivity index (χ1n) is 9.73. The Kier molecular flexibility index (Phi) is 13.8. The molecular weight excluding hydrogens is 284 g/mol. The zero-order chi connectivity index (χ0) is 17.6. The van der Waals surface area contributed by atoms with E-state index in [-0.39, 0.29) is 5.41 Å². The smallest absolute Gasteiger partial charge is 0.0544 e. The van der Waals surface area contributed by atoms with E-state index in [1.165, 1.54) is 38.5 Å². The molecule has 0 heterocycles. The van der Waals surface area contributed by atoms with Gasteiger partial charge in [0.2, 0.25) is 0 Å². The van der Waals surface area contributed by atoms with Crippen molar-refractivity contribution in [2.45, 2.75) is 79.6 Å². The number of allylic oxidation sites excluding steroid dienone is 1. The van der Waals surface area contributed by atoms with Crippen LogP contribution in [0.25, 0.3) is 0 Å². The molecule has 0 fully saturated rings. The molecule has 0 amide bonds. The van der Waals surface area contributed by atoms with Crippen LogP contribution in [0, 0.1) is 17.3 Å². The highest BCUT2D eigenvalue weighted by Crippen LogP contribution is 2.24. The summed E-state index contributed by atoms with van der Waals surface area (Å²) < 4.78 is 12.0. The molecule has 0 aliphatic heterocycles. The maximum atomic E-state index is 6.00. The molecule has 0 saturated heterocycles. The lowest BCUT2D eigenvalue weighted by molar-refractivity contribution is -0.0270. The second kappa shape index (κ2) is 14.0. The third-order valence-electron chi connectivity index (χ3n) is 4.44. The predicted octanol–water partition coefficient (Wildman–Crippen LogP) is 6.25. The Morgan fingerprint density at radius 1 is 0.913 bits per heavy atom. The van der Waals surface area contributed by atoms with Crippen LogP contribution in [0.3, 0.4) is 0 Å². The molecule has 2 nitrogen and oxygen atoms in total. The van der Waals surface area contributed by atoms with Crippen LogP contribution in [0.1, 0.15) is 79.6 Å². The van der Waals surface area contributed by atoms with Gasteiger partial charge in [-0.25, -0.2) is 0 Å². The molecule has 0 spiro atoms. The summed E-state index contributed by atoms with van der Waals surface area (Å²) in [6, 6.07) is 0. The van der Waals surface area contributed by atoms with Gasteiger partial charge in [-0.05, 0) is 31.1 Å². The van der Waals surface area contributed by atoms with Gasteiger partial charge in [0.25, 0.3) is 0 Å². The van der Waals surface area contributed by atoms with Crippen LogP contribution in [0.2, 0.25) is 0 Å². The molecule has 0 aromatic rings. The minimum atomic E-state index is 0.0523. The van der Waals surface area contributed by atoms with E-state index in [0.717, 1.165) is 32.8 Å². The molecular formula is C21H42O2. The van der Waals surface area contributed by atoms with E-state index in [1.807, 2.05) is 6.08 Å². The van der Waals surface area contributed by atoms with Crippen LogP contribution in [0.15, 0.2) is 12.7 Å². The minimum Gasteiger partial charge on any atom is -0.381 e. The molecule has 0 aromatic heterocycles. The topological polar surface area (TPSA) is 18.5 Å². The lowest BCUT2D eigenvalue weighted by atomic mass is 9.88. The fourth-order valence-corrected chi connectivity index (χ4v) is 2.79. The Labute approximate surface area is 146 Å². The maximum Gasteiger partial charge on any atom is 0.0544 e. The van der Waals surface area contributed by atoms with Crippen LogP contribution >= 0.6 is 0 Å². The van der Waals surface area contributed by atoms with E-state index in [1.54, 1.807) is 0 Å². The lowest BCUT2D eigenvalue weighted by Crippen LogP contribution is -2.30. The van der Waals surface area contributed by atoms with Gasteiger partial charge in [0.05, 0.1) is 13.2 Å². The van der Waals surface area contributed by atoms with Gasteiger partial charge in [-0.15, -0.1) is 6.58 Å². The van der Waals surface area contributed by atoms with Gasteiger partial charge >= 0.3 is 0 Å². The fourth-order valence-electron chi connectivity index (χ4n) is 2.79. The summed E-state index contributed by atoms with van der Waals surface area (Å²) in [6.45, 7) is 18.5. The summed E-state index contributed by atoms with van der Waals surface area (Å²) >= 11 is 0. The summed E-state index contributed by atoms with van der Waals surface area (Å²) in [4.78, 5) is 0. The number of hydrogen-bond acceptors (Lipinski definition) is 2. The second-order valence-electron chi connectivity index (χ2n) is 7.83. The summed E-state index contributed by atoms with van der Waals surface area (Å²) in [5, 5.41) is 0. The summed E-state index contributed by atoms with van der Waals surface area (Å²) in [5.74, 6) is 1.30.